The summed E-state index contributed by atoms with van der Waals surface area (Å²) in [5.74, 6) is 0.645. The highest BCUT2D eigenvalue weighted by atomic mass is 16.2. The molecule has 1 aromatic heterocycles. The molecule has 1 unspecified atom stereocenters. The van der Waals surface area contributed by atoms with Gasteiger partial charge in [-0.3, -0.25) is 4.79 Å². The molecule has 1 atom stereocenters. The van der Waals surface area contributed by atoms with Gasteiger partial charge in [0.1, 0.15) is 11.9 Å². The Morgan fingerprint density at radius 1 is 1.26 bits per heavy atom. The molecule has 0 spiro atoms. The lowest BCUT2D eigenvalue weighted by atomic mass is 10.1. The smallest absolute Gasteiger partial charge is 0.315 e. The third kappa shape index (κ3) is 4.55. The number of carbonyl (C=O) groups is 2. The minimum absolute atomic E-state index is 0.174. The van der Waals surface area contributed by atoms with Crippen LogP contribution in [0.2, 0.25) is 0 Å². The van der Waals surface area contributed by atoms with Gasteiger partial charge >= 0.3 is 6.03 Å². The Kier molecular flexibility index (Phi) is 5.90. The molecular formula is C20H25N5O2. The third-order valence-electron chi connectivity index (χ3n) is 4.78. The number of pyridine rings is 1. The van der Waals surface area contributed by atoms with E-state index in [0.717, 1.165) is 24.3 Å². The average Bonchev–Trinajstić information content (AvgIpc) is 3.17. The highest BCUT2D eigenvalue weighted by Gasteiger charge is 2.32. The van der Waals surface area contributed by atoms with Crippen molar-refractivity contribution in [1.29, 1.82) is 0 Å². The summed E-state index contributed by atoms with van der Waals surface area (Å²) < 4.78 is 0. The van der Waals surface area contributed by atoms with E-state index in [1.165, 1.54) is 10.5 Å². The number of nitrogens with one attached hydrogen (secondary N) is 1. The molecule has 1 fully saturated rings. The molecule has 2 heterocycles. The van der Waals surface area contributed by atoms with Crippen LogP contribution in [-0.4, -0.2) is 41.5 Å². The molecule has 1 aliphatic heterocycles. The Morgan fingerprint density at radius 3 is 2.78 bits per heavy atom. The van der Waals surface area contributed by atoms with Crippen LogP contribution in [0.25, 0.3) is 0 Å². The van der Waals surface area contributed by atoms with E-state index in [9.17, 15) is 9.59 Å². The molecular weight excluding hydrogens is 342 g/mol. The fourth-order valence-electron chi connectivity index (χ4n) is 3.45. The Hall–Kier alpha value is -3.09. The van der Waals surface area contributed by atoms with E-state index in [1.54, 1.807) is 6.20 Å². The lowest BCUT2D eigenvalue weighted by molar-refractivity contribution is -0.124. The van der Waals surface area contributed by atoms with Crippen molar-refractivity contribution in [3.8, 4) is 0 Å². The summed E-state index contributed by atoms with van der Waals surface area (Å²) in [7, 11) is 1.98. The van der Waals surface area contributed by atoms with E-state index < -0.39 is 12.1 Å². The van der Waals surface area contributed by atoms with Crippen LogP contribution < -0.4 is 16.0 Å². The van der Waals surface area contributed by atoms with Gasteiger partial charge in [0, 0.05) is 38.4 Å². The van der Waals surface area contributed by atoms with Crippen LogP contribution >= 0.6 is 0 Å². The van der Waals surface area contributed by atoms with Crippen molar-refractivity contribution in [3.63, 3.8) is 0 Å². The van der Waals surface area contributed by atoms with Gasteiger partial charge in [0.15, 0.2) is 0 Å². The van der Waals surface area contributed by atoms with Gasteiger partial charge in [-0.2, -0.15) is 0 Å². The van der Waals surface area contributed by atoms with Gasteiger partial charge in [0.05, 0.1) is 0 Å². The molecule has 0 aliphatic carbocycles. The summed E-state index contributed by atoms with van der Waals surface area (Å²) in [6.07, 6.45) is 3.18. The predicted octanol–water partition coefficient (Wildman–Crippen LogP) is 1.88. The van der Waals surface area contributed by atoms with Gasteiger partial charge in [-0.15, -0.1) is 0 Å². The second kappa shape index (κ2) is 8.53. The molecule has 27 heavy (non-hydrogen) atoms. The van der Waals surface area contributed by atoms with Crippen molar-refractivity contribution in [3.05, 3.63) is 59.8 Å². The van der Waals surface area contributed by atoms with Crippen molar-refractivity contribution in [2.45, 2.75) is 32.0 Å². The van der Waals surface area contributed by atoms with Crippen LogP contribution in [0.4, 0.5) is 10.6 Å². The first-order valence-corrected chi connectivity index (χ1v) is 9.09. The number of anilines is 1. The van der Waals surface area contributed by atoms with E-state index in [-0.39, 0.29) is 5.91 Å². The summed E-state index contributed by atoms with van der Waals surface area (Å²) in [5, 5.41) is 2.93. The van der Waals surface area contributed by atoms with E-state index in [4.69, 9.17) is 5.73 Å². The maximum Gasteiger partial charge on any atom is 0.315 e. The van der Waals surface area contributed by atoms with Crippen LogP contribution in [-0.2, 0) is 17.9 Å². The lowest BCUT2D eigenvalue weighted by Crippen LogP contribution is -2.47. The Morgan fingerprint density at radius 2 is 2.04 bits per heavy atom. The third-order valence-corrected chi connectivity index (χ3v) is 4.78. The highest BCUT2D eigenvalue weighted by molar-refractivity contribution is 5.87. The van der Waals surface area contributed by atoms with Crippen LogP contribution in [0, 0.1) is 0 Å². The van der Waals surface area contributed by atoms with Crippen molar-refractivity contribution in [2.75, 3.05) is 18.5 Å². The van der Waals surface area contributed by atoms with Crippen LogP contribution in [0.15, 0.2) is 48.7 Å². The number of hydrogen-bond acceptors (Lipinski definition) is 4. The van der Waals surface area contributed by atoms with E-state index in [0.29, 0.717) is 19.5 Å². The van der Waals surface area contributed by atoms with Crippen LogP contribution in [0.3, 0.4) is 0 Å². The molecule has 1 saturated heterocycles. The number of hydrogen-bond donors (Lipinski definition) is 2. The number of likely N-dealkylation sites (tertiary alicyclic amines) is 1. The molecule has 1 aromatic carbocycles. The number of rotatable bonds is 6. The molecule has 0 saturated carbocycles. The zero-order valence-electron chi connectivity index (χ0n) is 15.5. The van der Waals surface area contributed by atoms with Crippen molar-refractivity contribution in [2.24, 2.45) is 5.73 Å². The van der Waals surface area contributed by atoms with Gasteiger partial charge in [0.2, 0.25) is 5.91 Å². The fraction of sp³-hybridized carbons (Fsp3) is 0.350. The number of nitrogens with zero attached hydrogens (tertiary/aromatic N) is 3. The Labute approximate surface area is 159 Å². The van der Waals surface area contributed by atoms with Gasteiger partial charge in [-0.25, -0.2) is 9.78 Å². The molecule has 7 nitrogen and oxygen atoms in total. The standard InChI is InChI=1S/C20H25N5O2/c1-24(14-15-7-3-2-4-8-15)18-16(9-5-11-22-18)13-23-19(26)17-10-6-12-25(17)20(21)27/h2-5,7-9,11,17H,6,10,12-14H2,1H3,(H2,21,27)(H,23,26). The number of carbonyl (C=O) groups excluding carboxylic acids is 2. The molecule has 142 valence electrons. The maximum absolute atomic E-state index is 12.5. The number of urea groups is 1. The minimum Gasteiger partial charge on any atom is -0.355 e. The van der Waals surface area contributed by atoms with Crippen molar-refractivity contribution >= 4 is 17.8 Å². The molecule has 3 N–H and O–H groups in total. The average molecular weight is 367 g/mol. The molecule has 3 amide bonds. The minimum atomic E-state index is -0.544. The Balaban J connectivity index is 1.65. The molecule has 7 heteroatoms. The second-order valence-corrected chi connectivity index (χ2v) is 6.74. The van der Waals surface area contributed by atoms with E-state index in [2.05, 4.69) is 27.3 Å². The highest BCUT2D eigenvalue weighted by Crippen LogP contribution is 2.20. The van der Waals surface area contributed by atoms with E-state index in [1.807, 2.05) is 37.4 Å². The summed E-state index contributed by atoms with van der Waals surface area (Å²) >= 11 is 0. The zero-order valence-corrected chi connectivity index (χ0v) is 15.5. The predicted molar refractivity (Wildman–Crippen MR) is 104 cm³/mol. The quantitative estimate of drug-likeness (QED) is 0.815. The van der Waals surface area contributed by atoms with Gasteiger partial charge in [-0.1, -0.05) is 36.4 Å². The molecule has 0 radical (unpaired) electrons. The van der Waals surface area contributed by atoms with Crippen molar-refractivity contribution in [1.82, 2.24) is 15.2 Å². The number of amides is 3. The van der Waals surface area contributed by atoms with Gasteiger partial charge in [0.25, 0.3) is 0 Å². The number of primary amides is 1. The van der Waals surface area contributed by atoms with Gasteiger partial charge < -0.3 is 20.9 Å². The topological polar surface area (TPSA) is 91.6 Å². The lowest BCUT2D eigenvalue weighted by Gasteiger charge is -2.23. The summed E-state index contributed by atoms with van der Waals surface area (Å²) in [5.41, 5.74) is 7.47. The van der Waals surface area contributed by atoms with Crippen molar-refractivity contribution < 1.29 is 9.59 Å². The molecule has 2 aromatic rings. The molecule has 3 rings (SSSR count). The molecule has 0 bridgehead atoms. The van der Waals surface area contributed by atoms with Gasteiger partial charge in [-0.05, 0) is 24.5 Å². The summed E-state index contributed by atoms with van der Waals surface area (Å²) in [6.45, 7) is 1.60. The zero-order chi connectivity index (χ0) is 19.2. The molecule has 1 aliphatic rings. The number of benzene rings is 1. The maximum atomic E-state index is 12.5. The summed E-state index contributed by atoms with van der Waals surface area (Å²) in [6, 6.07) is 12.9. The monoisotopic (exact) mass is 367 g/mol. The van der Waals surface area contributed by atoms with Crippen LogP contribution in [0.1, 0.15) is 24.0 Å². The van der Waals surface area contributed by atoms with E-state index >= 15 is 0 Å². The normalized spacial score (nSPS) is 16.2. The first kappa shape index (κ1) is 18.7. The Bertz CT molecular complexity index is 796. The largest absolute Gasteiger partial charge is 0.355 e. The van der Waals surface area contributed by atoms with Crippen LogP contribution in [0.5, 0.6) is 0 Å². The first-order valence-electron chi connectivity index (χ1n) is 9.09. The second-order valence-electron chi connectivity index (χ2n) is 6.74. The number of nitrogens with two attached hydrogens (primary N) is 1. The SMILES string of the molecule is CN(Cc1ccccc1)c1ncccc1CNC(=O)C1CCCN1C(N)=O. The first-order chi connectivity index (χ1) is 13.1. The number of aromatic nitrogens is 1. The summed E-state index contributed by atoms with van der Waals surface area (Å²) in [4.78, 5) is 31.9. The fourth-order valence-corrected chi connectivity index (χ4v) is 3.45.